The van der Waals surface area contributed by atoms with Crippen LogP contribution in [0.1, 0.15) is 40.5 Å². The molecule has 1 N–H and O–H groups in total. The maximum atomic E-state index is 12.2. The Morgan fingerprint density at radius 1 is 1.37 bits per heavy atom. The lowest BCUT2D eigenvalue weighted by Crippen LogP contribution is -2.48. The Bertz CT molecular complexity index is 302. The molecule has 3 nitrogen and oxygen atoms in total. The van der Waals surface area contributed by atoms with Gasteiger partial charge in [-0.2, -0.15) is 0 Å². The molecule has 114 valence electrons. The number of carbonyl (C=O) groups excluding carboxylic acids is 1. The SMILES string of the molecule is C[C@@H]1CCN[C@@H](C(=O)CO[Si](C)(C)C(C)(C)C)C1.Cl. The molecule has 0 aliphatic carbocycles. The molecule has 0 saturated carbocycles. The highest BCUT2D eigenvalue weighted by Gasteiger charge is 2.38. The first-order valence-corrected chi connectivity index (χ1v) is 9.94. The van der Waals surface area contributed by atoms with Crippen LogP contribution in [0.4, 0.5) is 0 Å². The summed E-state index contributed by atoms with van der Waals surface area (Å²) in [7, 11) is -1.80. The fourth-order valence-electron chi connectivity index (χ4n) is 1.92. The molecule has 19 heavy (non-hydrogen) atoms. The summed E-state index contributed by atoms with van der Waals surface area (Å²) in [5.74, 6) is 0.874. The second kappa shape index (κ2) is 7.20. The first-order valence-electron chi connectivity index (χ1n) is 7.03. The van der Waals surface area contributed by atoms with Gasteiger partial charge in [-0.05, 0) is 43.4 Å². The van der Waals surface area contributed by atoms with Crippen LogP contribution in [0.3, 0.4) is 0 Å². The third-order valence-corrected chi connectivity index (χ3v) is 8.91. The fraction of sp³-hybridized carbons (Fsp3) is 0.929. The van der Waals surface area contributed by atoms with Crippen LogP contribution < -0.4 is 5.32 Å². The number of hydrogen-bond acceptors (Lipinski definition) is 3. The molecule has 1 saturated heterocycles. The van der Waals surface area contributed by atoms with Crippen LogP contribution in [-0.4, -0.2) is 33.3 Å². The van der Waals surface area contributed by atoms with Crippen molar-refractivity contribution in [2.75, 3.05) is 13.2 Å². The predicted octanol–water partition coefficient (Wildman–Crippen LogP) is 3.39. The van der Waals surface area contributed by atoms with Crippen molar-refractivity contribution in [2.45, 2.75) is 64.7 Å². The number of ketones is 1. The molecular formula is C14H30ClNO2Si. The van der Waals surface area contributed by atoms with E-state index < -0.39 is 8.32 Å². The molecular weight excluding hydrogens is 278 g/mol. The zero-order valence-electron chi connectivity index (χ0n) is 13.2. The predicted molar refractivity (Wildman–Crippen MR) is 85.6 cm³/mol. The molecule has 2 atom stereocenters. The van der Waals surface area contributed by atoms with Crippen molar-refractivity contribution >= 4 is 26.5 Å². The van der Waals surface area contributed by atoms with Crippen LogP contribution in [-0.2, 0) is 9.22 Å². The van der Waals surface area contributed by atoms with Gasteiger partial charge in [-0.3, -0.25) is 4.79 Å². The minimum atomic E-state index is -1.80. The normalized spacial score (nSPS) is 24.7. The highest BCUT2D eigenvalue weighted by Crippen LogP contribution is 2.36. The standard InChI is InChI=1S/C14H29NO2Si.ClH/c1-11-7-8-15-12(9-11)13(16)10-17-18(5,6)14(2,3)4;/h11-12,15H,7-10H2,1-6H3;1H/t11-,12-;/m1./s1. The summed E-state index contributed by atoms with van der Waals surface area (Å²) in [5.41, 5.74) is 0. The molecule has 0 bridgehead atoms. The van der Waals surface area contributed by atoms with Gasteiger partial charge in [-0.25, -0.2) is 0 Å². The van der Waals surface area contributed by atoms with Crippen molar-refractivity contribution in [1.29, 1.82) is 0 Å². The van der Waals surface area contributed by atoms with E-state index in [1.807, 2.05) is 0 Å². The molecule has 1 heterocycles. The maximum absolute atomic E-state index is 12.2. The van der Waals surface area contributed by atoms with Gasteiger partial charge in [0, 0.05) is 0 Å². The topological polar surface area (TPSA) is 38.3 Å². The average molecular weight is 308 g/mol. The molecule has 0 aromatic heterocycles. The van der Waals surface area contributed by atoms with Crippen molar-refractivity contribution in [3.63, 3.8) is 0 Å². The van der Waals surface area contributed by atoms with Crippen LogP contribution in [0.2, 0.25) is 18.1 Å². The number of piperidine rings is 1. The van der Waals surface area contributed by atoms with Crippen molar-refractivity contribution in [2.24, 2.45) is 5.92 Å². The summed E-state index contributed by atoms with van der Waals surface area (Å²) < 4.78 is 5.99. The molecule has 0 radical (unpaired) electrons. The molecule has 1 aliphatic heterocycles. The van der Waals surface area contributed by atoms with E-state index in [-0.39, 0.29) is 35.9 Å². The Morgan fingerprint density at radius 2 is 1.95 bits per heavy atom. The van der Waals surface area contributed by atoms with E-state index in [2.05, 4.69) is 46.1 Å². The number of halogens is 1. The van der Waals surface area contributed by atoms with Gasteiger partial charge in [-0.15, -0.1) is 12.4 Å². The Hall–Kier alpha value is 0.0969. The van der Waals surface area contributed by atoms with Gasteiger partial charge >= 0.3 is 0 Å². The lowest BCUT2D eigenvalue weighted by molar-refractivity contribution is -0.124. The highest BCUT2D eigenvalue weighted by atomic mass is 35.5. The number of nitrogens with one attached hydrogen (secondary N) is 1. The molecule has 1 fully saturated rings. The first-order chi connectivity index (χ1) is 8.13. The maximum Gasteiger partial charge on any atom is 0.192 e. The van der Waals surface area contributed by atoms with Crippen molar-refractivity contribution in [1.82, 2.24) is 5.32 Å². The van der Waals surface area contributed by atoms with Crippen LogP contribution in [0.15, 0.2) is 0 Å². The zero-order valence-corrected chi connectivity index (χ0v) is 15.0. The third-order valence-electron chi connectivity index (χ3n) is 4.44. The summed E-state index contributed by atoms with van der Waals surface area (Å²) in [6, 6.07) is 0.0125. The van der Waals surface area contributed by atoms with Gasteiger partial charge in [0.25, 0.3) is 0 Å². The van der Waals surface area contributed by atoms with Crippen molar-refractivity contribution in [3.05, 3.63) is 0 Å². The fourth-order valence-corrected chi connectivity index (χ4v) is 2.86. The number of carbonyl (C=O) groups is 1. The number of hydrogen-bond donors (Lipinski definition) is 1. The van der Waals surface area contributed by atoms with E-state index in [0.29, 0.717) is 5.92 Å². The van der Waals surface area contributed by atoms with Crippen molar-refractivity contribution < 1.29 is 9.22 Å². The van der Waals surface area contributed by atoms with Gasteiger partial charge in [0.05, 0.1) is 12.6 Å². The summed E-state index contributed by atoms with van der Waals surface area (Å²) in [6.07, 6.45) is 2.13. The van der Waals surface area contributed by atoms with E-state index >= 15 is 0 Å². The second-order valence-corrected chi connectivity index (χ2v) is 12.0. The number of rotatable bonds is 4. The smallest absolute Gasteiger partial charge is 0.192 e. The Morgan fingerprint density at radius 3 is 2.42 bits per heavy atom. The Labute approximate surface area is 125 Å². The molecule has 0 unspecified atom stereocenters. The molecule has 0 aromatic carbocycles. The lowest BCUT2D eigenvalue weighted by atomic mass is 9.92. The lowest BCUT2D eigenvalue weighted by Gasteiger charge is -2.36. The minimum Gasteiger partial charge on any atom is -0.409 e. The van der Waals surface area contributed by atoms with E-state index in [1.165, 1.54) is 6.42 Å². The minimum absolute atomic E-state index is 0. The van der Waals surface area contributed by atoms with Gasteiger partial charge in [0.2, 0.25) is 0 Å². The van der Waals surface area contributed by atoms with Crippen LogP contribution in [0, 0.1) is 5.92 Å². The van der Waals surface area contributed by atoms with E-state index in [1.54, 1.807) is 0 Å². The van der Waals surface area contributed by atoms with E-state index in [9.17, 15) is 4.79 Å². The summed E-state index contributed by atoms with van der Waals surface area (Å²) in [4.78, 5) is 12.2. The quantitative estimate of drug-likeness (QED) is 0.809. The van der Waals surface area contributed by atoms with Gasteiger partial charge in [0.1, 0.15) is 0 Å². The van der Waals surface area contributed by atoms with E-state index in [0.717, 1.165) is 13.0 Å². The van der Waals surface area contributed by atoms with Crippen LogP contribution in [0.25, 0.3) is 0 Å². The number of Topliss-reactive ketones (excluding diaryl/α,β-unsaturated/α-hetero) is 1. The summed E-state index contributed by atoms with van der Waals surface area (Å²) >= 11 is 0. The molecule has 1 rings (SSSR count). The average Bonchev–Trinajstić information content (AvgIpc) is 2.24. The largest absolute Gasteiger partial charge is 0.409 e. The third kappa shape index (κ3) is 5.54. The molecule has 1 aliphatic rings. The molecule has 0 aromatic rings. The van der Waals surface area contributed by atoms with Crippen LogP contribution >= 0.6 is 12.4 Å². The zero-order chi connectivity index (χ0) is 14.0. The van der Waals surface area contributed by atoms with Crippen molar-refractivity contribution in [3.8, 4) is 0 Å². The Kier molecular flexibility index (Phi) is 7.24. The Balaban J connectivity index is 0.00000324. The molecule has 5 heteroatoms. The van der Waals surface area contributed by atoms with Gasteiger partial charge < -0.3 is 9.74 Å². The monoisotopic (exact) mass is 307 g/mol. The van der Waals surface area contributed by atoms with Gasteiger partial charge in [-0.1, -0.05) is 27.7 Å². The first kappa shape index (κ1) is 19.1. The second-order valence-electron chi connectivity index (χ2n) is 7.15. The molecule has 0 spiro atoms. The highest BCUT2D eigenvalue weighted by molar-refractivity contribution is 6.74. The van der Waals surface area contributed by atoms with Gasteiger partial charge in [0.15, 0.2) is 14.1 Å². The summed E-state index contributed by atoms with van der Waals surface area (Å²) in [6.45, 7) is 14.4. The summed E-state index contributed by atoms with van der Waals surface area (Å²) in [5, 5.41) is 3.48. The van der Waals surface area contributed by atoms with E-state index in [4.69, 9.17) is 4.43 Å². The van der Waals surface area contributed by atoms with Crippen LogP contribution in [0.5, 0.6) is 0 Å². The molecule has 0 amide bonds.